The molecule has 0 aliphatic heterocycles. The molecule has 1 aromatic heterocycles. The van der Waals surface area contributed by atoms with Crippen molar-refractivity contribution in [3.05, 3.63) is 30.1 Å². The molecule has 0 unspecified atom stereocenters. The Kier molecular flexibility index (Phi) is 2.92. The molecule has 1 aliphatic carbocycles. The zero-order valence-corrected chi connectivity index (χ0v) is 9.44. The first-order chi connectivity index (χ1) is 7.68. The molecule has 2 rings (SSSR count). The molecule has 0 spiro atoms. The van der Waals surface area contributed by atoms with Crippen LogP contribution in [-0.4, -0.2) is 17.4 Å². The molecule has 1 aliphatic rings. The number of nitrogens with zero attached hydrogens (tertiary/aromatic N) is 1. The zero-order valence-electron chi connectivity index (χ0n) is 9.44. The van der Waals surface area contributed by atoms with Crippen molar-refractivity contribution < 1.29 is 4.79 Å². The van der Waals surface area contributed by atoms with Gasteiger partial charge < -0.3 is 11.1 Å². The Morgan fingerprint density at radius 2 is 2.38 bits per heavy atom. The van der Waals surface area contributed by atoms with E-state index >= 15 is 0 Å². The smallest absolute Gasteiger partial charge is 0.228 e. The second-order valence-electron chi connectivity index (χ2n) is 4.43. The fourth-order valence-corrected chi connectivity index (χ4v) is 1.73. The maximum atomic E-state index is 11.9. The van der Waals surface area contributed by atoms with Gasteiger partial charge in [0.25, 0.3) is 0 Å². The van der Waals surface area contributed by atoms with Crippen molar-refractivity contribution in [3.63, 3.8) is 0 Å². The topological polar surface area (TPSA) is 68.0 Å². The molecule has 1 heterocycles. The first kappa shape index (κ1) is 11.1. The molecule has 0 radical (unpaired) electrons. The van der Waals surface area contributed by atoms with Crippen LogP contribution in [0.4, 0.5) is 0 Å². The molecule has 1 amide bonds. The van der Waals surface area contributed by atoms with Crippen LogP contribution in [0.1, 0.15) is 31.5 Å². The van der Waals surface area contributed by atoms with Gasteiger partial charge in [-0.05, 0) is 31.9 Å². The lowest BCUT2D eigenvalue weighted by atomic mass is 10.1. The van der Waals surface area contributed by atoms with Crippen molar-refractivity contribution in [2.45, 2.75) is 25.8 Å². The quantitative estimate of drug-likeness (QED) is 0.793. The van der Waals surface area contributed by atoms with Gasteiger partial charge in [0.2, 0.25) is 5.91 Å². The van der Waals surface area contributed by atoms with Crippen LogP contribution in [0, 0.1) is 5.41 Å². The summed E-state index contributed by atoms with van der Waals surface area (Å²) in [5, 5.41) is 2.97. The average Bonchev–Trinajstić information content (AvgIpc) is 3.11. The second kappa shape index (κ2) is 4.22. The number of carbonyl (C=O) groups excluding carboxylic acids is 1. The number of carbonyl (C=O) groups is 1. The monoisotopic (exact) mass is 219 g/mol. The summed E-state index contributed by atoms with van der Waals surface area (Å²) in [5.41, 5.74) is 6.20. The third kappa shape index (κ3) is 2.07. The van der Waals surface area contributed by atoms with Crippen LogP contribution >= 0.6 is 0 Å². The van der Waals surface area contributed by atoms with Gasteiger partial charge in [0.1, 0.15) is 0 Å². The normalized spacial score (nSPS) is 18.9. The number of amides is 1. The Hall–Kier alpha value is -1.42. The van der Waals surface area contributed by atoms with Crippen LogP contribution < -0.4 is 11.1 Å². The molecule has 1 atom stereocenters. The average molecular weight is 219 g/mol. The van der Waals surface area contributed by atoms with Crippen molar-refractivity contribution in [3.8, 4) is 0 Å². The van der Waals surface area contributed by atoms with Crippen LogP contribution in [0.25, 0.3) is 0 Å². The van der Waals surface area contributed by atoms with Crippen LogP contribution in [0.3, 0.4) is 0 Å². The Labute approximate surface area is 95.3 Å². The maximum Gasteiger partial charge on any atom is 0.228 e. The molecule has 1 aromatic rings. The molecule has 1 saturated carbocycles. The predicted octanol–water partition coefficient (Wildman–Crippen LogP) is 0.998. The predicted molar refractivity (Wildman–Crippen MR) is 61.5 cm³/mol. The number of rotatable bonds is 4. The van der Waals surface area contributed by atoms with E-state index in [1.165, 1.54) is 0 Å². The molecule has 0 aromatic carbocycles. The highest BCUT2D eigenvalue weighted by atomic mass is 16.2. The van der Waals surface area contributed by atoms with Gasteiger partial charge in [0.05, 0.1) is 17.2 Å². The van der Waals surface area contributed by atoms with Gasteiger partial charge in [-0.3, -0.25) is 9.78 Å². The van der Waals surface area contributed by atoms with E-state index in [1.54, 1.807) is 6.20 Å². The summed E-state index contributed by atoms with van der Waals surface area (Å²) in [6, 6.07) is 5.63. The summed E-state index contributed by atoms with van der Waals surface area (Å²) in [6.07, 6.45) is 3.54. The zero-order chi connectivity index (χ0) is 11.6. The molecular formula is C12H17N3O. The SMILES string of the molecule is C[C@H](NC(=O)C1(CN)CC1)c1ccccn1. The van der Waals surface area contributed by atoms with E-state index in [-0.39, 0.29) is 17.4 Å². The van der Waals surface area contributed by atoms with Gasteiger partial charge in [-0.25, -0.2) is 0 Å². The van der Waals surface area contributed by atoms with Gasteiger partial charge in [-0.15, -0.1) is 0 Å². The molecule has 0 bridgehead atoms. The minimum atomic E-state index is -0.289. The lowest BCUT2D eigenvalue weighted by Gasteiger charge is -2.17. The number of aromatic nitrogens is 1. The largest absolute Gasteiger partial charge is 0.347 e. The highest BCUT2D eigenvalue weighted by molar-refractivity contribution is 5.85. The first-order valence-electron chi connectivity index (χ1n) is 5.60. The van der Waals surface area contributed by atoms with E-state index in [0.717, 1.165) is 18.5 Å². The minimum absolute atomic E-state index is 0.0577. The highest BCUT2D eigenvalue weighted by Gasteiger charge is 2.48. The van der Waals surface area contributed by atoms with Gasteiger partial charge >= 0.3 is 0 Å². The van der Waals surface area contributed by atoms with Crippen molar-refractivity contribution >= 4 is 5.91 Å². The lowest BCUT2D eigenvalue weighted by molar-refractivity contribution is -0.126. The van der Waals surface area contributed by atoms with Crippen LogP contribution in [0.2, 0.25) is 0 Å². The van der Waals surface area contributed by atoms with Crippen LogP contribution in [0.5, 0.6) is 0 Å². The van der Waals surface area contributed by atoms with Crippen LogP contribution in [0.15, 0.2) is 24.4 Å². The Bertz CT molecular complexity index is 373. The van der Waals surface area contributed by atoms with E-state index in [9.17, 15) is 4.79 Å². The highest BCUT2D eigenvalue weighted by Crippen LogP contribution is 2.44. The fraction of sp³-hybridized carbons (Fsp3) is 0.500. The second-order valence-corrected chi connectivity index (χ2v) is 4.43. The Balaban J connectivity index is 1.98. The van der Waals surface area contributed by atoms with Crippen molar-refractivity contribution in [2.75, 3.05) is 6.54 Å². The van der Waals surface area contributed by atoms with E-state index in [2.05, 4.69) is 10.3 Å². The van der Waals surface area contributed by atoms with Gasteiger partial charge in [0, 0.05) is 12.7 Å². The van der Waals surface area contributed by atoms with Crippen molar-refractivity contribution in [1.82, 2.24) is 10.3 Å². The van der Waals surface area contributed by atoms with Gasteiger partial charge in [-0.1, -0.05) is 6.07 Å². The Morgan fingerprint density at radius 1 is 1.62 bits per heavy atom. The van der Waals surface area contributed by atoms with Gasteiger partial charge in [-0.2, -0.15) is 0 Å². The summed E-state index contributed by atoms with van der Waals surface area (Å²) in [7, 11) is 0. The molecule has 4 heteroatoms. The summed E-state index contributed by atoms with van der Waals surface area (Å²) in [5.74, 6) is 0.0631. The maximum absolute atomic E-state index is 11.9. The summed E-state index contributed by atoms with van der Waals surface area (Å²) in [6.45, 7) is 2.38. The summed E-state index contributed by atoms with van der Waals surface area (Å²) < 4.78 is 0. The molecular weight excluding hydrogens is 202 g/mol. The third-order valence-electron chi connectivity index (χ3n) is 3.20. The van der Waals surface area contributed by atoms with Gasteiger partial charge in [0.15, 0.2) is 0 Å². The number of hydrogen-bond donors (Lipinski definition) is 2. The minimum Gasteiger partial charge on any atom is -0.347 e. The number of hydrogen-bond acceptors (Lipinski definition) is 3. The number of pyridine rings is 1. The molecule has 1 fully saturated rings. The molecule has 4 nitrogen and oxygen atoms in total. The standard InChI is InChI=1S/C12H17N3O/c1-9(10-4-2-3-7-14-10)15-11(16)12(8-13)5-6-12/h2-4,7,9H,5-6,8,13H2,1H3,(H,15,16)/t9-/m0/s1. The lowest BCUT2D eigenvalue weighted by Crippen LogP contribution is -2.38. The Morgan fingerprint density at radius 3 is 2.88 bits per heavy atom. The summed E-state index contributed by atoms with van der Waals surface area (Å²) >= 11 is 0. The first-order valence-corrected chi connectivity index (χ1v) is 5.60. The number of nitrogens with one attached hydrogen (secondary N) is 1. The van der Waals surface area contributed by atoms with Crippen molar-refractivity contribution in [1.29, 1.82) is 0 Å². The number of nitrogens with two attached hydrogens (primary N) is 1. The van der Waals surface area contributed by atoms with E-state index in [4.69, 9.17) is 5.73 Å². The molecule has 3 N–H and O–H groups in total. The third-order valence-corrected chi connectivity index (χ3v) is 3.20. The van der Waals surface area contributed by atoms with E-state index in [0.29, 0.717) is 6.54 Å². The van der Waals surface area contributed by atoms with E-state index in [1.807, 2.05) is 25.1 Å². The molecule has 0 saturated heterocycles. The fourth-order valence-electron chi connectivity index (χ4n) is 1.73. The molecule has 16 heavy (non-hydrogen) atoms. The van der Waals surface area contributed by atoms with Crippen molar-refractivity contribution in [2.24, 2.45) is 11.1 Å². The molecule has 86 valence electrons. The summed E-state index contributed by atoms with van der Waals surface area (Å²) in [4.78, 5) is 16.1. The van der Waals surface area contributed by atoms with E-state index < -0.39 is 0 Å². The van der Waals surface area contributed by atoms with Crippen LogP contribution in [-0.2, 0) is 4.79 Å².